The molecule has 0 fully saturated rings. The Bertz CT molecular complexity index is 1180. The summed E-state index contributed by atoms with van der Waals surface area (Å²) in [6.07, 6.45) is 4.30. The maximum absolute atomic E-state index is 13.4. The van der Waals surface area contributed by atoms with E-state index in [2.05, 4.69) is 46.1 Å². The van der Waals surface area contributed by atoms with Gasteiger partial charge in [-0.25, -0.2) is 4.79 Å². The lowest BCUT2D eigenvalue weighted by molar-refractivity contribution is -0.117. The Hall–Kier alpha value is -3.25. The molecule has 1 aliphatic carbocycles. The van der Waals surface area contributed by atoms with Crippen molar-refractivity contribution < 1.29 is 23.8 Å². The number of alkyl carbamates (subject to hydrolysis) is 1. The highest BCUT2D eigenvalue weighted by atomic mass is 79.9. The van der Waals surface area contributed by atoms with Gasteiger partial charge in [-0.15, -0.1) is 6.58 Å². The van der Waals surface area contributed by atoms with Gasteiger partial charge in [-0.3, -0.25) is 4.79 Å². The minimum absolute atomic E-state index is 0.0794. The van der Waals surface area contributed by atoms with E-state index in [0.29, 0.717) is 46.1 Å². The van der Waals surface area contributed by atoms with Crippen LogP contribution in [0.15, 0.2) is 51.8 Å². The van der Waals surface area contributed by atoms with Crippen molar-refractivity contribution in [1.82, 2.24) is 10.6 Å². The number of carbonyl (C=O) groups is 2. The van der Waals surface area contributed by atoms with Crippen LogP contribution in [0.4, 0.5) is 4.79 Å². The smallest absolute Gasteiger partial charge is 0.407 e. The van der Waals surface area contributed by atoms with Gasteiger partial charge in [0.15, 0.2) is 17.3 Å². The normalized spacial score (nSPS) is 19.6. The lowest BCUT2D eigenvalue weighted by Gasteiger charge is -2.35. The Morgan fingerprint density at radius 3 is 2.68 bits per heavy atom. The lowest BCUT2D eigenvalue weighted by Crippen LogP contribution is -2.38. The molecule has 1 amide bonds. The molecule has 0 aromatic heterocycles. The zero-order chi connectivity index (χ0) is 27.8. The van der Waals surface area contributed by atoms with Crippen LogP contribution in [-0.4, -0.2) is 37.7 Å². The highest BCUT2D eigenvalue weighted by molar-refractivity contribution is 9.10. The summed E-state index contributed by atoms with van der Waals surface area (Å²) < 4.78 is 17.5. The number of halogens is 1. The number of nitrogens with one attached hydrogen (secondary N) is 2. The van der Waals surface area contributed by atoms with Crippen LogP contribution in [0, 0.1) is 17.2 Å². The number of ketones is 1. The molecule has 3 rings (SSSR count). The fourth-order valence-electron chi connectivity index (χ4n) is 5.04. The Kier molecular flexibility index (Phi) is 10.4. The van der Waals surface area contributed by atoms with Gasteiger partial charge in [0.25, 0.3) is 0 Å². The predicted octanol–water partition coefficient (Wildman–Crippen LogP) is 6.04. The van der Waals surface area contributed by atoms with E-state index in [4.69, 9.17) is 14.2 Å². The van der Waals surface area contributed by atoms with Gasteiger partial charge in [0.05, 0.1) is 41.3 Å². The summed E-state index contributed by atoms with van der Waals surface area (Å²) in [5, 5.41) is 16.1. The molecule has 2 aliphatic rings. The van der Waals surface area contributed by atoms with Crippen molar-refractivity contribution in [2.24, 2.45) is 5.92 Å². The van der Waals surface area contributed by atoms with E-state index in [-0.39, 0.29) is 19.0 Å². The third-order valence-electron chi connectivity index (χ3n) is 6.66. The number of nitriles is 1. The van der Waals surface area contributed by atoms with Gasteiger partial charge in [0.1, 0.15) is 6.61 Å². The number of allylic oxidation sites excluding steroid dienone is 4. The highest BCUT2D eigenvalue weighted by Gasteiger charge is 2.39. The summed E-state index contributed by atoms with van der Waals surface area (Å²) in [6, 6.07) is 5.55. The second-order valence-corrected chi connectivity index (χ2v) is 10.2. The number of dihydropyridines is 1. The fraction of sp³-hybridized carbons (Fsp3) is 0.483. The molecule has 3 unspecified atom stereocenters. The number of nitrogens with zero attached hydrogens (tertiary/aromatic N) is 1. The summed E-state index contributed by atoms with van der Waals surface area (Å²) in [4.78, 5) is 25.2. The van der Waals surface area contributed by atoms with Gasteiger partial charge in [-0.2, -0.15) is 5.26 Å². The van der Waals surface area contributed by atoms with Crippen molar-refractivity contribution in [2.45, 2.75) is 65.3 Å². The summed E-state index contributed by atoms with van der Waals surface area (Å²) in [6.45, 7) is 12.1. The Morgan fingerprint density at radius 2 is 2.05 bits per heavy atom. The van der Waals surface area contributed by atoms with Crippen LogP contribution in [-0.2, 0) is 9.53 Å². The first-order chi connectivity index (χ1) is 18.3. The van der Waals surface area contributed by atoms with Gasteiger partial charge in [0, 0.05) is 23.4 Å². The molecule has 0 saturated heterocycles. The third-order valence-corrected chi connectivity index (χ3v) is 7.25. The molecule has 0 bridgehead atoms. The molecule has 1 aromatic carbocycles. The fourth-order valence-corrected chi connectivity index (χ4v) is 5.61. The number of hydrogen-bond acceptors (Lipinski definition) is 7. The van der Waals surface area contributed by atoms with Gasteiger partial charge in [-0.1, -0.05) is 19.4 Å². The van der Waals surface area contributed by atoms with Gasteiger partial charge in [0.2, 0.25) is 0 Å². The Balaban J connectivity index is 1.99. The van der Waals surface area contributed by atoms with E-state index in [0.717, 1.165) is 36.2 Å². The van der Waals surface area contributed by atoms with E-state index >= 15 is 0 Å². The van der Waals surface area contributed by atoms with Crippen molar-refractivity contribution in [3.8, 4) is 17.6 Å². The van der Waals surface area contributed by atoms with Gasteiger partial charge >= 0.3 is 6.09 Å². The molecule has 3 atom stereocenters. The monoisotopic (exact) mass is 585 g/mol. The number of benzene rings is 1. The van der Waals surface area contributed by atoms with E-state index in [1.165, 1.54) is 0 Å². The molecule has 1 aromatic rings. The van der Waals surface area contributed by atoms with E-state index in [1.54, 1.807) is 13.0 Å². The highest BCUT2D eigenvalue weighted by Crippen LogP contribution is 2.47. The van der Waals surface area contributed by atoms with Crippen LogP contribution in [0.5, 0.6) is 11.5 Å². The van der Waals surface area contributed by atoms with Gasteiger partial charge in [-0.05, 0) is 73.2 Å². The molecule has 9 heteroatoms. The van der Waals surface area contributed by atoms with Crippen molar-refractivity contribution >= 4 is 27.8 Å². The number of Topliss-reactive ketones (excluding diaryl/α,β-unsaturated/α-hetero) is 1. The zero-order valence-corrected chi connectivity index (χ0v) is 24.1. The van der Waals surface area contributed by atoms with Crippen LogP contribution in [0.2, 0.25) is 0 Å². The number of hydrogen-bond donors (Lipinski definition) is 2. The standard InChI is InChI=1S/C29H36BrN3O5/c1-6-10-18-11-23-27(24(34)12-18)26(21(15-31)17(5)32-23)19-13-22(30)28(25(14-19)36-8-3)38-16-20(7-2)33-29(35)37-9-4/h7,13-14,18,20,26,32H,2,6,8-12,16H2,1,3-5H3,(H,33,35). The van der Waals surface area contributed by atoms with Crippen LogP contribution < -0.4 is 20.1 Å². The van der Waals surface area contributed by atoms with Crippen LogP contribution in [0.1, 0.15) is 64.9 Å². The van der Waals surface area contributed by atoms with Crippen molar-refractivity contribution in [3.05, 3.63) is 57.4 Å². The van der Waals surface area contributed by atoms with E-state index in [9.17, 15) is 14.9 Å². The minimum Gasteiger partial charge on any atom is -0.490 e. The SMILES string of the molecule is C=CC(COc1c(Br)cc(C2C(C#N)=C(C)NC3=C2C(=O)CC(CCC)C3)cc1OCC)NC(=O)OCC. The molecular weight excluding hydrogens is 550 g/mol. The number of carbonyl (C=O) groups excluding carboxylic acids is 2. The first-order valence-electron chi connectivity index (χ1n) is 13.1. The van der Waals surface area contributed by atoms with Crippen LogP contribution >= 0.6 is 15.9 Å². The zero-order valence-electron chi connectivity index (χ0n) is 22.5. The van der Waals surface area contributed by atoms with Crippen molar-refractivity contribution in [2.75, 3.05) is 19.8 Å². The first kappa shape index (κ1) is 29.3. The lowest BCUT2D eigenvalue weighted by atomic mass is 9.72. The summed E-state index contributed by atoms with van der Waals surface area (Å²) >= 11 is 3.61. The molecule has 0 spiro atoms. The summed E-state index contributed by atoms with van der Waals surface area (Å²) in [7, 11) is 0. The number of amides is 1. The number of rotatable bonds is 11. The quantitative estimate of drug-likeness (QED) is 0.304. The molecule has 8 nitrogen and oxygen atoms in total. The molecule has 2 N–H and O–H groups in total. The molecule has 38 heavy (non-hydrogen) atoms. The average Bonchev–Trinajstić information content (AvgIpc) is 2.87. The predicted molar refractivity (Wildman–Crippen MR) is 149 cm³/mol. The largest absolute Gasteiger partial charge is 0.490 e. The first-order valence-corrected chi connectivity index (χ1v) is 13.9. The third kappa shape index (κ3) is 6.60. The maximum Gasteiger partial charge on any atom is 0.407 e. The van der Waals surface area contributed by atoms with Crippen molar-refractivity contribution in [3.63, 3.8) is 0 Å². The van der Waals surface area contributed by atoms with Gasteiger partial charge < -0.3 is 24.8 Å². The average molecular weight is 587 g/mol. The molecular formula is C29H36BrN3O5. The molecule has 204 valence electrons. The summed E-state index contributed by atoms with van der Waals surface area (Å²) in [5.74, 6) is 0.809. The van der Waals surface area contributed by atoms with Crippen LogP contribution in [0.25, 0.3) is 0 Å². The van der Waals surface area contributed by atoms with E-state index in [1.807, 2.05) is 26.0 Å². The molecule has 0 radical (unpaired) electrons. The maximum atomic E-state index is 13.4. The number of ether oxygens (including phenoxy) is 3. The van der Waals surface area contributed by atoms with Crippen molar-refractivity contribution in [1.29, 1.82) is 5.26 Å². The summed E-state index contributed by atoms with van der Waals surface area (Å²) in [5.41, 5.74) is 3.61. The van der Waals surface area contributed by atoms with E-state index < -0.39 is 18.1 Å². The second kappa shape index (κ2) is 13.5. The van der Waals surface area contributed by atoms with Crippen LogP contribution in [0.3, 0.4) is 0 Å². The Labute approximate surface area is 233 Å². The molecule has 1 heterocycles. The molecule has 0 saturated carbocycles. The Morgan fingerprint density at radius 1 is 1.29 bits per heavy atom. The molecule has 1 aliphatic heterocycles. The minimum atomic E-state index is -0.556. The topological polar surface area (TPSA) is 110 Å². The second-order valence-electron chi connectivity index (χ2n) is 9.37.